The molecule has 1 aromatic heterocycles. The normalized spacial score (nSPS) is 12.6. The number of ether oxygens (including phenoxy) is 1. The van der Waals surface area contributed by atoms with Gasteiger partial charge in [0.05, 0.1) is 6.61 Å². The molecule has 108 valence electrons. The SMILES string of the molecule is OCc1cc(OC(F)(F)F)nc(C(F)(F)F)c1CBr. The van der Waals surface area contributed by atoms with E-state index in [0.29, 0.717) is 6.07 Å². The van der Waals surface area contributed by atoms with Crippen LogP contribution in [0.15, 0.2) is 6.07 Å². The van der Waals surface area contributed by atoms with Crippen LogP contribution >= 0.6 is 15.9 Å². The van der Waals surface area contributed by atoms with Crippen LogP contribution in [0.5, 0.6) is 5.88 Å². The largest absolute Gasteiger partial charge is 0.574 e. The van der Waals surface area contributed by atoms with Crippen molar-refractivity contribution < 1.29 is 36.2 Å². The maximum Gasteiger partial charge on any atom is 0.574 e. The molecular weight excluding hydrogens is 348 g/mol. The highest BCUT2D eigenvalue weighted by atomic mass is 79.9. The summed E-state index contributed by atoms with van der Waals surface area (Å²) in [6.07, 6.45) is -10.1. The number of hydrogen-bond acceptors (Lipinski definition) is 3. The molecule has 0 aromatic carbocycles. The van der Waals surface area contributed by atoms with E-state index in [4.69, 9.17) is 5.11 Å². The molecule has 0 unspecified atom stereocenters. The summed E-state index contributed by atoms with van der Waals surface area (Å²) in [5.41, 5.74) is -2.32. The summed E-state index contributed by atoms with van der Waals surface area (Å²) in [5, 5.41) is 8.59. The summed E-state index contributed by atoms with van der Waals surface area (Å²) in [7, 11) is 0. The predicted octanol–water partition coefficient (Wildman–Crippen LogP) is 3.39. The van der Waals surface area contributed by atoms with Gasteiger partial charge in [-0.05, 0) is 11.1 Å². The zero-order chi connectivity index (χ0) is 14.8. The maximum atomic E-state index is 12.7. The molecule has 0 fully saturated rings. The van der Waals surface area contributed by atoms with Gasteiger partial charge in [0.25, 0.3) is 0 Å². The third kappa shape index (κ3) is 4.23. The van der Waals surface area contributed by atoms with Crippen molar-refractivity contribution in [1.82, 2.24) is 4.98 Å². The van der Waals surface area contributed by atoms with E-state index < -0.39 is 36.3 Å². The predicted molar refractivity (Wildman–Crippen MR) is 54.5 cm³/mol. The maximum absolute atomic E-state index is 12.7. The molecule has 19 heavy (non-hydrogen) atoms. The number of aliphatic hydroxyl groups excluding tert-OH is 1. The molecule has 0 saturated heterocycles. The molecule has 0 radical (unpaired) electrons. The first-order valence-electron chi connectivity index (χ1n) is 4.61. The minimum absolute atomic E-state index is 0.322. The number of alkyl halides is 7. The van der Waals surface area contributed by atoms with Crippen LogP contribution in [0.25, 0.3) is 0 Å². The zero-order valence-electron chi connectivity index (χ0n) is 8.94. The van der Waals surface area contributed by atoms with Crippen molar-refractivity contribution in [1.29, 1.82) is 0 Å². The molecular formula is C9H6BrF6NO2. The molecule has 0 aliphatic rings. The van der Waals surface area contributed by atoms with Crippen LogP contribution in [0.4, 0.5) is 26.3 Å². The van der Waals surface area contributed by atoms with Crippen molar-refractivity contribution >= 4 is 15.9 Å². The lowest BCUT2D eigenvalue weighted by atomic mass is 10.1. The molecule has 0 aliphatic heterocycles. The molecule has 0 saturated carbocycles. The van der Waals surface area contributed by atoms with Crippen LogP contribution in [-0.2, 0) is 18.1 Å². The highest BCUT2D eigenvalue weighted by Gasteiger charge is 2.38. The molecule has 10 heteroatoms. The van der Waals surface area contributed by atoms with E-state index >= 15 is 0 Å². The minimum atomic E-state index is -5.17. The fraction of sp³-hybridized carbons (Fsp3) is 0.444. The first-order valence-corrected chi connectivity index (χ1v) is 5.73. The first-order chi connectivity index (χ1) is 8.58. The van der Waals surface area contributed by atoms with E-state index in [-0.39, 0.29) is 10.9 Å². The molecule has 1 N–H and O–H groups in total. The summed E-state index contributed by atoms with van der Waals surface area (Å²) in [6.45, 7) is -0.874. The molecule has 1 rings (SSSR count). The van der Waals surface area contributed by atoms with Crippen LogP contribution in [0.2, 0.25) is 0 Å². The summed E-state index contributed by atoms with van der Waals surface area (Å²) in [5.74, 6) is -1.27. The fourth-order valence-electron chi connectivity index (χ4n) is 1.29. The third-order valence-corrected chi connectivity index (χ3v) is 2.55. The lowest BCUT2D eigenvalue weighted by Crippen LogP contribution is -2.21. The summed E-state index contributed by atoms with van der Waals surface area (Å²) in [6, 6.07) is 0.610. The van der Waals surface area contributed by atoms with Crippen molar-refractivity contribution in [3.8, 4) is 5.88 Å². The van der Waals surface area contributed by atoms with Gasteiger partial charge in [-0.2, -0.15) is 13.2 Å². The minimum Gasteiger partial charge on any atom is -0.392 e. The number of aromatic nitrogens is 1. The van der Waals surface area contributed by atoms with Crippen molar-refractivity contribution in [3.05, 3.63) is 22.9 Å². The molecule has 0 atom stereocenters. The number of nitrogens with zero attached hydrogens (tertiary/aromatic N) is 1. The van der Waals surface area contributed by atoms with Gasteiger partial charge in [0, 0.05) is 11.4 Å². The number of hydrogen-bond donors (Lipinski definition) is 1. The second kappa shape index (κ2) is 5.53. The molecule has 0 spiro atoms. The Morgan fingerprint density at radius 2 is 1.79 bits per heavy atom. The Bertz CT molecular complexity index is 459. The second-order valence-corrected chi connectivity index (χ2v) is 3.84. The monoisotopic (exact) mass is 353 g/mol. The summed E-state index contributed by atoms with van der Waals surface area (Å²) < 4.78 is 77.2. The molecule has 3 nitrogen and oxygen atoms in total. The lowest BCUT2D eigenvalue weighted by molar-refractivity contribution is -0.276. The van der Waals surface area contributed by atoms with Crippen molar-refractivity contribution in [2.24, 2.45) is 0 Å². The van der Waals surface area contributed by atoms with Crippen molar-refractivity contribution in [2.45, 2.75) is 24.5 Å². The van der Waals surface area contributed by atoms with E-state index in [1.165, 1.54) is 0 Å². The standard InChI is InChI=1S/C9H6BrF6NO2/c10-2-5-4(3-18)1-6(19-9(14,15)16)17-7(5)8(11,12)13/h1,18H,2-3H2. The molecule has 0 aliphatic carbocycles. The van der Waals surface area contributed by atoms with Gasteiger partial charge in [-0.3, -0.25) is 0 Å². The van der Waals surface area contributed by atoms with Gasteiger partial charge in [0.2, 0.25) is 5.88 Å². The van der Waals surface area contributed by atoms with Crippen molar-refractivity contribution in [2.75, 3.05) is 0 Å². The quantitative estimate of drug-likeness (QED) is 0.669. The fourth-order valence-corrected chi connectivity index (χ4v) is 1.92. The van der Waals surface area contributed by atoms with Crippen LogP contribution in [-0.4, -0.2) is 16.5 Å². The average molecular weight is 354 g/mol. The van der Waals surface area contributed by atoms with E-state index in [1.54, 1.807) is 0 Å². The lowest BCUT2D eigenvalue weighted by Gasteiger charge is -2.16. The molecule has 1 heterocycles. The van der Waals surface area contributed by atoms with Crippen molar-refractivity contribution in [3.63, 3.8) is 0 Å². The Labute approximate surface area is 111 Å². The van der Waals surface area contributed by atoms with Crippen LogP contribution in [0, 0.1) is 0 Å². The second-order valence-electron chi connectivity index (χ2n) is 3.28. The van der Waals surface area contributed by atoms with Crippen LogP contribution in [0.1, 0.15) is 16.8 Å². The smallest absolute Gasteiger partial charge is 0.392 e. The summed E-state index contributed by atoms with van der Waals surface area (Å²) >= 11 is 2.76. The highest BCUT2D eigenvalue weighted by Crippen LogP contribution is 2.35. The Morgan fingerprint density at radius 1 is 1.21 bits per heavy atom. The molecule has 1 aromatic rings. The zero-order valence-corrected chi connectivity index (χ0v) is 10.5. The average Bonchev–Trinajstić information content (AvgIpc) is 2.24. The van der Waals surface area contributed by atoms with E-state index in [9.17, 15) is 26.3 Å². The Balaban J connectivity index is 3.39. The van der Waals surface area contributed by atoms with Gasteiger partial charge in [0.1, 0.15) is 0 Å². The number of halogens is 7. The third-order valence-electron chi connectivity index (χ3n) is 1.99. The van der Waals surface area contributed by atoms with Gasteiger partial charge in [-0.25, -0.2) is 4.98 Å². The number of aliphatic hydroxyl groups is 1. The van der Waals surface area contributed by atoms with E-state index in [2.05, 4.69) is 25.7 Å². The van der Waals surface area contributed by atoms with Gasteiger partial charge < -0.3 is 9.84 Å². The highest BCUT2D eigenvalue weighted by molar-refractivity contribution is 9.08. The Kier molecular flexibility index (Phi) is 4.67. The van der Waals surface area contributed by atoms with Gasteiger partial charge in [0.15, 0.2) is 5.69 Å². The molecule has 0 amide bonds. The first kappa shape index (κ1) is 16.0. The van der Waals surface area contributed by atoms with Gasteiger partial charge in [-0.15, -0.1) is 13.2 Å². The topological polar surface area (TPSA) is 42.4 Å². The number of rotatable bonds is 3. The van der Waals surface area contributed by atoms with E-state index in [1.807, 2.05) is 0 Å². The van der Waals surface area contributed by atoms with Crippen LogP contribution in [0.3, 0.4) is 0 Å². The van der Waals surface area contributed by atoms with Crippen LogP contribution < -0.4 is 4.74 Å². The molecule has 0 bridgehead atoms. The summed E-state index contributed by atoms with van der Waals surface area (Å²) in [4.78, 5) is 2.80. The van der Waals surface area contributed by atoms with Gasteiger partial charge >= 0.3 is 12.5 Å². The Hall–Kier alpha value is -1.03. The van der Waals surface area contributed by atoms with Gasteiger partial charge in [-0.1, -0.05) is 15.9 Å². The number of pyridine rings is 1. The van der Waals surface area contributed by atoms with E-state index in [0.717, 1.165) is 0 Å². The Morgan fingerprint density at radius 3 is 2.16 bits per heavy atom.